The van der Waals surface area contributed by atoms with E-state index in [2.05, 4.69) is 117 Å². The van der Waals surface area contributed by atoms with Crippen molar-refractivity contribution in [3.8, 4) is 23.4 Å². The number of fused-ring (bicyclic) bond motifs is 4. The Bertz CT molecular complexity index is 2070. The van der Waals surface area contributed by atoms with Gasteiger partial charge in [-0.05, 0) is 107 Å². The van der Waals surface area contributed by atoms with Crippen molar-refractivity contribution in [1.82, 2.24) is 14.8 Å². The standard InChI is InChI=1S/C48H66N6O3Si/c1-32(2)58(33(3)4,34(5)6)26-23-36-16-11-15-35-17-12-21-43(44(35)36)52-25-22-40-42(30-52)41(27-49)46(56-31-39-20-14-24-51(39)10)50-45(40)54-37-18-13-19-38(54)29-53(28-37)47(55)57-48(7,8)9/h11-12,15-17,21,32-34,37-39H,13-14,18-20,22,24-25,28-31H2,1-10H3/t37-,38+,39-/m0/s1. The van der Waals surface area contributed by atoms with Crippen molar-refractivity contribution in [2.75, 3.05) is 49.6 Å². The fourth-order valence-electron chi connectivity index (χ4n) is 10.8. The molecule has 0 radical (unpaired) electrons. The number of nitrogens with zero attached hydrogens (tertiary/aromatic N) is 6. The topological polar surface area (TPSA) is 85.2 Å². The summed E-state index contributed by atoms with van der Waals surface area (Å²) in [6.07, 6.45) is 5.76. The highest BCUT2D eigenvalue weighted by Crippen LogP contribution is 2.44. The highest BCUT2D eigenvalue weighted by atomic mass is 28.3. The lowest BCUT2D eigenvalue weighted by molar-refractivity contribution is 0.0154. The number of likely N-dealkylation sites (N-methyl/N-ethyl adjacent to an activating group) is 1. The summed E-state index contributed by atoms with van der Waals surface area (Å²) in [6.45, 7) is 24.1. The summed E-state index contributed by atoms with van der Waals surface area (Å²) in [5, 5.41) is 13.3. The molecule has 0 N–H and O–H groups in total. The molecule has 310 valence electrons. The minimum Gasteiger partial charge on any atom is -0.475 e. The number of carbonyl (C=O) groups is 1. The van der Waals surface area contributed by atoms with E-state index < -0.39 is 13.7 Å². The monoisotopic (exact) mass is 802 g/mol. The van der Waals surface area contributed by atoms with E-state index in [9.17, 15) is 10.1 Å². The number of hydrogen-bond acceptors (Lipinski definition) is 8. The van der Waals surface area contributed by atoms with Crippen LogP contribution < -0.4 is 14.5 Å². The van der Waals surface area contributed by atoms with Crippen molar-refractivity contribution in [2.24, 2.45) is 0 Å². The van der Waals surface area contributed by atoms with Crippen LogP contribution in [0.3, 0.4) is 0 Å². The van der Waals surface area contributed by atoms with Gasteiger partial charge in [-0.25, -0.2) is 4.79 Å². The molecular formula is C48H66N6O3Si. The van der Waals surface area contributed by atoms with Gasteiger partial charge in [-0.2, -0.15) is 10.2 Å². The van der Waals surface area contributed by atoms with Crippen LogP contribution in [-0.4, -0.2) is 92.5 Å². The maximum atomic E-state index is 13.4. The predicted octanol–water partition coefficient (Wildman–Crippen LogP) is 9.69. The minimum absolute atomic E-state index is 0.105. The van der Waals surface area contributed by atoms with Crippen LogP contribution in [0.15, 0.2) is 36.4 Å². The molecule has 3 saturated heterocycles. The van der Waals surface area contributed by atoms with Crippen molar-refractivity contribution in [3.63, 3.8) is 0 Å². The summed E-state index contributed by atoms with van der Waals surface area (Å²) in [5.41, 5.74) is 10.0. The Morgan fingerprint density at radius 3 is 2.21 bits per heavy atom. The van der Waals surface area contributed by atoms with Crippen molar-refractivity contribution >= 4 is 36.4 Å². The Kier molecular flexibility index (Phi) is 12.1. The average molecular weight is 803 g/mol. The van der Waals surface area contributed by atoms with Gasteiger partial charge >= 0.3 is 6.09 Å². The molecule has 4 aliphatic rings. The molecule has 0 saturated carbocycles. The maximum absolute atomic E-state index is 13.4. The van der Waals surface area contributed by atoms with Crippen molar-refractivity contribution in [3.05, 3.63) is 58.7 Å². The number of ether oxygens (including phenoxy) is 2. The van der Waals surface area contributed by atoms with Gasteiger partial charge < -0.3 is 29.1 Å². The zero-order valence-electron chi connectivity index (χ0n) is 36.8. The van der Waals surface area contributed by atoms with Gasteiger partial charge in [0.05, 0.1) is 0 Å². The molecule has 10 heteroatoms. The normalized spacial score (nSPS) is 21.3. The number of likely N-dealkylation sites (tertiary alicyclic amines) is 2. The molecule has 7 rings (SSSR count). The van der Waals surface area contributed by atoms with Crippen LogP contribution in [0.2, 0.25) is 16.6 Å². The van der Waals surface area contributed by atoms with Gasteiger partial charge in [-0.1, -0.05) is 71.7 Å². The SMILES string of the molecule is CC(C)[Si](C#Cc1cccc2cccc(N3CCc4c(N5[C@@H]6CCC[C@H]5CN(C(=O)OC(C)(C)C)C6)nc(OC[C@@H]5CCCN5C)c(C#N)c4C3)c12)(C(C)C)C(C)C. The molecule has 3 aromatic rings. The number of carbonyl (C=O) groups excluding carboxylic acids is 1. The highest BCUT2D eigenvalue weighted by molar-refractivity contribution is 6.90. The molecule has 3 fully saturated rings. The van der Waals surface area contributed by atoms with E-state index in [1.54, 1.807) is 0 Å². The molecular weight excluding hydrogens is 737 g/mol. The van der Waals surface area contributed by atoms with Crippen LogP contribution in [0.5, 0.6) is 5.88 Å². The summed E-state index contributed by atoms with van der Waals surface area (Å²) in [7, 11) is 0.188. The van der Waals surface area contributed by atoms with Crippen LogP contribution >= 0.6 is 0 Å². The van der Waals surface area contributed by atoms with Gasteiger partial charge in [0.2, 0.25) is 5.88 Å². The lowest BCUT2D eigenvalue weighted by Crippen LogP contribution is -2.63. The lowest BCUT2D eigenvalue weighted by Gasteiger charge is -2.51. The number of hydrogen-bond donors (Lipinski definition) is 0. The van der Waals surface area contributed by atoms with Crippen LogP contribution in [-0.2, 0) is 17.7 Å². The largest absolute Gasteiger partial charge is 0.475 e. The third-order valence-electron chi connectivity index (χ3n) is 13.7. The van der Waals surface area contributed by atoms with E-state index in [0.29, 0.717) is 60.3 Å². The van der Waals surface area contributed by atoms with Gasteiger partial charge in [-0.3, -0.25) is 0 Å². The van der Waals surface area contributed by atoms with Crippen molar-refractivity contribution in [1.29, 1.82) is 5.26 Å². The molecule has 58 heavy (non-hydrogen) atoms. The molecule has 5 heterocycles. The minimum atomic E-state index is -1.97. The van der Waals surface area contributed by atoms with Gasteiger partial charge in [0.25, 0.3) is 0 Å². The fourth-order valence-corrected chi connectivity index (χ4v) is 16.0. The Balaban J connectivity index is 1.30. The molecule has 0 aliphatic carbocycles. The zero-order valence-corrected chi connectivity index (χ0v) is 37.8. The summed E-state index contributed by atoms with van der Waals surface area (Å²) in [6, 6.07) is 16.2. The number of nitriles is 1. The van der Waals surface area contributed by atoms with Gasteiger partial charge in [0.1, 0.15) is 37.7 Å². The van der Waals surface area contributed by atoms with Gasteiger partial charge in [0.15, 0.2) is 0 Å². The van der Waals surface area contributed by atoms with E-state index in [4.69, 9.17) is 14.5 Å². The van der Waals surface area contributed by atoms with E-state index >= 15 is 0 Å². The number of aromatic nitrogens is 1. The number of benzene rings is 2. The van der Waals surface area contributed by atoms with E-state index in [1.807, 2.05) is 25.7 Å². The summed E-state index contributed by atoms with van der Waals surface area (Å²) in [4.78, 5) is 27.9. The second-order valence-electron chi connectivity index (χ2n) is 19.3. The third kappa shape index (κ3) is 8.04. The quantitative estimate of drug-likeness (QED) is 0.165. The maximum Gasteiger partial charge on any atom is 0.410 e. The first-order valence-corrected chi connectivity index (χ1v) is 24.2. The molecule has 0 unspecified atom stereocenters. The summed E-state index contributed by atoms with van der Waals surface area (Å²) >= 11 is 0. The smallest absolute Gasteiger partial charge is 0.410 e. The third-order valence-corrected chi connectivity index (χ3v) is 19.9. The van der Waals surface area contributed by atoms with Crippen LogP contribution in [0, 0.1) is 22.8 Å². The summed E-state index contributed by atoms with van der Waals surface area (Å²) < 4.78 is 12.5. The van der Waals surface area contributed by atoms with Gasteiger partial charge in [-0.15, -0.1) is 5.54 Å². The molecule has 3 atom stereocenters. The van der Waals surface area contributed by atoms with Crippen LogP contribution in [0.25, 0.3) is 10.8 Å². The highest BCUT2D eigenvalue weighted by Gasteiger charge is 2.44. The number of piperidine rings is 1. The van der Waals surface area contributed by atoms with E-state index in [-0.39, 0.29) is 18.2 Å². The Morgan fingerprint density at radius 1 is 0.931 bits per heavy atom. The van der Waals surface area contributed by atoms with Crippen LogP contribution in [0.4, 0.5) is 16.3 Å². The second kappa shape index (κ2) is 16.8. The number of anilines is 2. The molecule has 1 aromatic heterocycles. The van der Waals surface area contributed by atoms with E-state index in [0.717, 1.165) is 79.8 Å². The van der Waals surface area contributed by atoms with E-state index in [1.165, 1.54) is 10.8 Å². The number of rotatable bonds is 8. The molecule has 9 nitrogen and oxygen atoms in total. The number of piperazine rings is 1. The first-order chi connectivity index (χ1) is 27.6. The predicted molar refractivity (Wildman–Crippen MR) is 238 cm³/mol. The van der Waals surface area contributed by atoms with Gasteiger partial charge in [0, 0.05) is 72.1 Å². The first kappa shape index (κ1) is 41.9. The Morgan fingerprint density at radius 2 is 1.60 bits per heavy atom. The Hall–Kier alpha value is -4.25. The lowest BCUT2D eigenvalue weighted by atomic mass is 9.88. The second-order valence-corrected chi connectivity index (χ2v) is 24.9. The van der Waals surface area contributed by atoms with Crippen molar-refractivity contribution in [2.45, 2.75) is 148 Å². The van der Waals surface area contributed by atoms with Crippen molar-refractivity contribution < 1.29 is 14.3 Å². The summed E-state index contributed by atoms with van der Waals surface area (Å²) in [5.74, 6) is 5.18. The van der Waals surface area contributed by atoms with Crippen LogP contribution in [0.1, 0.15) is 117 Å². The molecule has 2 aromatic carbocycles. The molecule has 0 spiro atoms. The average Bonchev–Trinajstić information content (AvgIpc) is 3.58. The molecule has 2 bridgehead atoms. The number of pyridine rings is 1. The Labute approximate surface area is 349 Å². The number of amides is 1. The zero-order chi connectivity index (χ0) is 41.5. The first-order valence-electron chi connectivity index (χ1n) is 22.0. The fraction of sp³-hybridized carbons (Fsp3) is 0.604. The molecule has 4 aliphatic heterocycles. The molecule has 1 amide bonds.